The Morgan fingerprint density at radius 3 is 2.62 bits per heavy atom. The number of amides is 1. The van der Waals surface area contributed by atoms with E-state index in [0.29, 0.717) is 13.0 Å². The van der Waals surface area contributed by atoms with Crippen LogP contribution in [0.25, 0.3) is 5.70 Å². The van der Waals surface area contributed by atoms with Crippen molar-refractivity contribution in [2.45, 2.75) is 31.0 Å². The van der Waals surface area contributed by atoms with Crippen LogP contribution in [-0.4, -0.2) is 61.3 Å². The molecule has 7 nitrogen and oxygen atoms in total. The summed E-state index contributed by atoms with van der Waals surface area (Å²) in [5, 5.41) is 0.768. The lowest BCUT2D eigenvalue weighted by Gasteiger charge is -2.30. The van der Waals surface area contributed by atoms with Gasteiger partial charge in [0.1, 0.15) is 17.7 Å². The number of ether oxygens (including phenoxy) is 1. The number of carbonyl (C=O) groups excluding carboxylic acids is 1. The smallest absolute Gasteiger partial charge is 0.209 e. The minimum atomic E-state index is -0.197. The zero-order chi connectivity index (χ0) is 26.2. The predicted octanol–water partition coefficient (Wildman–Crippen LogP) is 5.50. The van der Waals surface area contributed by atoms with Crippen molar-refractivity contribution >= 4 is 35.4 Å². The predicted molar refractivity (Wildman–Crippen MR) is 152 cm³/mol. The maximum atomic E-state index is 11.2. The first kappa shape index (κ1) is 26.5. The Bertz CT molecular complexity index is 1220. The van der Waals surface area contributed by atoms with Crippen LogP contribution >= 0.6 is 11.8 Å². The third kappa shape index (κ3) is 6.25. The van der Waals surface area contributed by atoms with Crippen LogP contribution in [-0.2, 0) is 4.79 Å². The van der Waals surface area contributed by atoms with Crippen LogP contribution in [0.2, 0.25) is 0 Å². The van der Waals surface area contributed by atoms with Crippen LogP contribution in [0.15, 0.2) is 72.0 Å². The molecule has 1 unspecified atom stereocenters. The first-order valence-corrected chi connectivity index (χ1v) is 13.8. The van der Waals surface area contributed by atoms with E-state index in [0.717, 1.165) is 65.2 Å². The van der Waals surface area contributed by atoms with E-state index >= 15 is 0 Å². The number of likely N-dealkylation sites (N-methyl/N-ethyl adjacent to an activating group) is 1. The van der Waals surface area contributed by atoms with E-state index < -0.39 is 0 Å². The molecule has 0 saturated carbocycles. The number of allylic oxidation sites excluding steroid dienone is 1. The second-order valence-corrected chi connectivity index (χ2v) is 9.80. The highest BCUT2D eigenvalue weighted by Crippen LogP contribution is 2.40. The van der Waals surface area contributed by atoms with Crippen LogP contribution in [0.3, 0.4) is 0 Å². The van der Waals surface area contributed by atoms with E-state index in [1.54, 1.807) is 23.7 Å². The molecular weight excluding hydrogens is 482 g/mol. The zero-order valence-corrected chi connectivity index (χ0v) is 22.8. The van der Waals surface area contributed by atoms with E-state index in [2.05, 4.69) is 53.0 Å². The molecule has 37 heavy (non-hydrogen) atoms. The summed E-state index contributed by atoms with van der Waals surface area (Å²) >= 11 is 1.55. The molecule has 1 atom stereocenters. The Kier molecular flexibility index (Phi) is 9.06. The fraction of sp³-hybridized carbons (Fsp3) is 0.345. The van der Waals surface area contributed by atoms with Crippen molar-refractivity contribution in [3.8, 4) is 5.75 Å². The molecule has 0 aliphatic carbocycles. The molecule has 2 heterocycles. The summed E-state index contributed by atoms with van der Waals surface area (Å²) in [6, 6.07) is 18.4. The fourth-order valence-electron chi connectivity index (χ4n) is 4.48. The lowest BCUT2D eigenvalue weighted by Crippen LogP contribution is -2.29. The molecule has 8 heteroatoms. The Morgan fingerprint density at radius 2 is 1.89 bits per heavy atom. The fourth-order valence-corrected chi connectivity index (χ4v) is 4.82. The van der Waals surface area contributed by atoms with Gasteiger partial charge in [-0.2, -0.15) is 0 Å². The van der Waals surface area contributed by atoms with Crippen molar-refractivity contribution in [2.24, 2.45) is 0 Å². The first-order valence-electron chi connectivity index (χ1n) is 12.6. The number of anilines is 2. The number of hydrogen-bond donors (Lipinski definition) is 0. The second kappa shape index (κ2) is 12.6. The van der Waals surface area contributed by atoms with Gasteiger partial charge in [-0.05, 0) is 30.4 Å². The molecule has 3 aromatic rings. The number of hydrogen-bond acceptors (Lipinski definition) is 7. The highest BCUT2D eigenvalue weighted by molar-refractivity contribution is 7.98. The monoisotopic (exact) mass is 517 g/mol. The van der Waals surface area contributed by atoms with Crippen molar-refractivity contribution in [1.29, 1.82) is 0 Å². The van der Waals surface area contributed by atoms with Gasteiger partial charge < -0.3 is 19.4 Å². The van der Waals surface area contributed by atoms with Crippen molar-refractivity contribution < 1.29 is 9.53 Å². The molecule has 194 valence electrons. The Labute approximate surface area is 224 Å². The molecule has 1 aromatic heterocycles. The normalized spacial score (nSPS) is 15.2. The maximum absolute atomic E-state index is 11.2. The van der Waals surface area contributed by atoms with Gasteiger partial charge in [-0.15, -0.1) is 0 Å². The van der Waals surface area contributed by atoms with Crippen LogP contribution in [0, 0.1) is 0 Å². The number of thioether (sulfide) groups is 1. The molecule has 0 fully saturated rings. The highest BCUT2D eigenvalue weighted by atomic mass is 32.2. The third-order valence-electron chi connectivity index (χ3n) is 6.43. The van der Waals surface area contributed by atoms with Crippen molar-refractivity contribution in [2.75, 3.05) is 49.8 Å². The van der Waals surface area contributed by atoms with Gasteiger partial charge in [-0.1, -0.05) is 67.2 Å². The summed E-state index contributed by atoms with van der Waals surface area (Å²) in [6.45, 7) is 4.33. The molecule has 4 rings (SSSR count). The molecule has 1 aliphatic heterocycles. The Balaban J connectivity index is 1.73. The lowest BCUT2D eigenvalue weighted by molar-refractivity contribution is -0.117. The standard InChI is InChI=1S/C29H35N5O2S/c1-5-11-24-23-20-30-29(37-4)31-28(23)33(3)18-19-34(24)25-14-9-10-15-27(25)36-26(16-17-32(2)21-35)22-12-7-6-8-13-22/h6-15,20-21,26H,5,16-19H2,1-4H3/b24-11-. The molecule has 0 spiro atoms. The van der Waals surface area contributed by atoms with Crippen molar-refractivity contribution in [3.05, 3.63) is 78.0 Å². The maximum Gasteiger partial charge on any atom is 0.209 e. The number of fused-ring (bicyclic) bond motifs is 1. The van der Waals surface area contributed by atoms with Gasteiger partial charge in [0.2, 0.25) is 6.41 Å². The third-order valence-corrected chi connectivity index (χ3v) is 7.00. The van der Waals surface area contributed by atoms with Gasteiger partial charge >= 0.3 is 0 Å². The number of nitrogens with zero attached hydrogens (tertiary/aromatic N) is 5. The van der Waals surface area contributed by atoms with Crippen molar-refractivity contribution in [3.63, 3.8) is 0 Å². The Hall–Kier alpha value is -3.52. The van der Waals surface area contributed by atoms with Gasteiger partial charge in [-0.25, -0.2) is 9.97 Å². The molecular formula is C29H35N5O2S. The van der Waals surface area contributed by atoms with Gasteiger partial charge in [0, 0.05) is 52.0 Å². The van der Waals surface area contributed by atoms with E-state index in [1.807, 2.05) is 48.9 Å². The first-order chi connectivity index (χ1) is 18.0. The van der Waals surface area contributed by atoms with Gasteiger partial charge in [0.15, 0.2) is 5.16 Å². The van der Waals surface area contributed by atoms with Gasteiger partial charge in [0.25, 0.3) is 0 Å². The summed E-state index contributed by atoms with van der Waals surface area (Å²) in [6.07, 6.45) is 8.40. The zero-order valence-electron chi connectivity index (χ0n) is 22.0. The van der Waals surface area contributed by atoms with E-state index in [1.165, 1.54) is 0 Å². The SMILES string of the molecule is CC/C=C1/c2cnc(SC)nc2N(C)CCN1c1ccccc1OC(CCN(C)C=O)c1ccccc1. The summed E-state index contributed by atoms with van der Waals surface area (Å²) in [4.78, 5) is 26.8. The van der Waals surface area contributed by atoms with Crippen LogP contribution in [0.5, 0.6) is 5.75 Å². The van der Waals surface area contributed by atoms with Gasteiger partial charge in [0.05, 0.1) is 11.3 Å². The van der Waals surface area contributed by atoms with Crippen molar-refractivity contribution in [1.82, 2.24) is 14.9 Å². The van der Waals surface area contributed by atoms with E-state index in [4.69, 9.17) is 9.72 Å². The summed E-state index contributed by atoms with van der Waals surface area (Å²) in [5.74, 6) is 1.75. The molecule has 2 aromatic carbocycles. The van der Waals surface area contributed by atoms with Crippen LogP contribution < -0.4 is 14.5 Å². The van der Waals surface area contributed by atoms with E-state index in [-0.39, 0.29) is 6.10 Å². The largest absolute Gasteiger partial charge is 0.483 e. The number of rotatable bonds is 10. The molecule has 0 bridgehead atoms. The second-order valence-electron chi connectivity index (χ2n) is 9.02. The van der Waals surface area contributed by atoms with Crippen LogP contribution in [0.4, 0.5) is 11.5 Å². The van der Waals surface area contributed by atoms with E-state index in [9.17, 15) is 4.79 Å². The quantitative estimate of drug-likeness (QED) is 0.200. The average molecular weight is 518 g/mol. The topological polar surface area (TPSA) is 61.8 Å². The lowest BCUT2D eigenvalue weighted by atomic mass is 10.1. The molecule has 0 N–H and O–H groups in total. The number of aromatic nitrogens is 2. The van der Waals surface area contributed by atoms with Gasteiger partial charge in [-0.3, -0.25) is 4.79 Å². The minimum absolute atomic E-state index is 0.197. The molecule has 0 saturated heterocycles. The minimum Gasteiger partial charge on any atom is -0.483 e. The number of carbonyl (C=O) groups is 1. The Morgan fingerprint density at radius 1 is 1.14 bits per heavy atom. The summed E-state index contributed by atoms with van der Waals surface area (Å²) < 4.78 is 6.74. The number of benzene rings is 2. The molecule has 1 aliphatic rings. The molecule has 0 radical (unpaired) electrons. The summed E-state index contributed by atoms with van der Waals surface area (Å²) in [7, 11) is 3.88. The molecule has 1 amide bonds. The number of para-hydroxylation sites is 2. The summed E-state index contributed by atoms with van der Waals surface area (Å²) in [5.41, 5.74) is 4.19. The average Bonchev–Trinajstić information content (AvgIpc) is 3.07. The van der Waals surface area contributed by atoms with Crippen LogP contribution in [0.1, 0.15) is 37.0 Å². The highest BCUT2D eigenvalue weighted by Gasteiger charge is 2.27.